The second-order valence-electron chi connectivity index (χ2n) is 9.03. The number of carbonyl (C=O) groups is 2. The number of imidazole rings is 1. The largest absolute Gasteiger partial charge is 0.486 e. The molecule has 31 heavy (non-hydrogen) atoms. The van der Waals surface area contributed by atoms with Gasteiger partial charge in [-0.3, -0.25) is 9.59 Å². The van der Waals surface area contributed by atoms with Crippen LogP contribution in [-0.2, 0) is 7.05 Å². The number of piperidine rings is 1. The minimum atomic E-state index is -0.509. The van der Waals surface area contributed by atoms with E-state index in [0.29, 0.717) is 49.2 Å². The van der Waals surface area contributed by atoms with Gasteiger partial charge < -0.3 is 14.2 Å². The van der Waals surface area contributed by atoms with Crippen molar-refractivity contribution >= 4 is 22.7 Å². The van der Waals surface area contributed by atoms with Gasteiger partial charge in [0, 0.05) is 38.5 Å². The van der Waals surface area contributed by atoms with E-state index in [2.05, 4.69) is 4.98 Å². The predicted octanol–water partition coefficient (Wildman–Crippen LogP) is 4.14. The zero-order valence-corrected chi connectivity index (χ0v) is 18.5. The van der Waals surface area contributed by atoms with E-state index in [1.807, 2.05) is 67.6 Å². The van der Waals surface area contributed by atoms with Crippen LogP contribution in [0.2, 0.25) is 0 Å². The minimum Gasteiger partial charge on any atom is -0.486 e. The zero-order chi connectivity index (χ0) is 21.9. The maximum Gasteiger partial charge on any atom is 0.253 e. The first-order chi connectivity index (χ1) is 14.8. The van der Waals surface area contributed by atoms with Gasteiger partial charge >= 0.3 is 0 Å². The Labute approximate surface area is 181 Å². The van der Waals surface area contributed by atoms with Crippen molar-refractivity contribution in [2.75, 3.05) is 13.1 Å². The Hall–Kier alpha value is -3.15. The summed E-state index contributed by atoms with van der Waals surface area (Å²) < 4.78 is 8.42. The number of carbonyl (C=O) groups excluding carboxylic acids is 2. The van der Waals surface area contributed by atoms with Crippen molar-refractivity contribution in [3.8, 4) is 5.75 Å². The Morgan fingerprint density at radius 3 is 2.52 bits per heavy atom. The second-order valence-corrected chi connectivity index (χ2v) is 9.03. The molecule has 0 aliphatic carbocycles. The number of hydrogen-bond acceptors (Lipinski definition) is 4. The lowest BCUT2D eigenvalue weighted by Gasteiger charge is -2.44. The molecule has 0 N–H and O–H groups in total. The zero-order valence-electron chi connectivity index (χ0n) is 18.5. The summed E-state index contributed by atoms with van der Waals surface area (Å²) in [4.78, 5) is 32.4. The molecule has 1 spiro atoms. The van der Waals surface area contributed by atoms with Crippen LogP contribution >= 0.6 is 0 Å². The summed E-state index contributed by atoms with van der Waals surface area (Å²) in [6.45, 7) is 7.15. The Bertz CT molecular complexity index is 1230. The van der Waals surface area contributed by atoms with Crippen LogP contribution in [-0.4, -0.2) is 44.8 Å². The summed E-state index contributed by atoms with van der Waals surface area (Å²) in [6, 6.07) is 9.62. The van der Waals surface area contributed by atoms with E-state index < -0.39 is 5.60 Å². The van der Waals surface area contributed by atoms with Crippen molar-refractivity contribution in [2.45, 2.75) is 45.6 Å². The van der Waals surface area contributed by atoms with Crippen LogP contribution in [0.3, 0.4) is 0 Å². The Balaban J connectivity index is 1.34. The van der Waals surface area contributed by atoms with Crippen molar-refractivity contribution in [2.24, 2.45) is 7.05 Å². The Morgan fingerprint density at radius 2 is 1.77 bits per heavy atom. The molecule has 1 amide bonds. The highest BCUT2D eigenvalue weighted by Crippen LogP contribution is 2.40. The molecule has 1 fully saturated rings. The number of aryl methyl sites for hydroxylation is 4. The first-order valence-corrected chi connectivity index (χ1v) is 10.8. The molecule has 0 saturated carbocycles. The quantitative estimate of drug-likeness (QED) is 0.597. The molecule has 2 aromatic carbocycles. The van der Waals surface area contributed by atoms with Gasteiger partial charge in [-0.25, -0.2) is 4.98 Å². The highest BCUT2D eigenvalue weighted by molar-refractivity contribution is 6.01. The Kier molecular flexibility index (Phi) is 4.43. The van der Waals surface area contributed by atoms with Gasteiger partial charge in [0.05, 0.1) is 23.0 Å². The summed E-state index contributed by atoms with van der Waals surface area (Å²) in [5.74, 6) is 1.76. The molecule has 1 saturated heterocycles. The van der Waals surface area contributed by atoms with Crippen molar-refractivity contribution in [3.63, 3.8) is 0 Å². The van der Waals surface area contributed by atoms with Crippen LogP contribution < -0.4 is 4.74 Å². The predicted molar refractivity (Wildman–Crippen MR) is 119 cm³/mol. The van der Waals surface area contributed by atoms with Gasteiger partial charge in [-0.05, 0) is 62.2 Å². The average molecular weight is 418 g/mol. The van der Waals surface area contributed by atoms with Crippen LogP contribution in [0.1, 0.15) is 56.9 Å². The molecule has 0 unspecified atom stereocenters. The number of benzene rings is 2. The number of ketones is 1. The molecular formula is C25H27N3O3. The molecule has 0 atom stereocenters. The number of ether oxygens (including phenoxy) is 1. The molecule has 6 nitrogen and oxygen atoms in total. The molecule has 2 aliphatic rings. The number of nitrogens with zero attached hydrogens (tertiary/aromatic N) is 3. The molecule has 5 rings (SSSR count). The summed E-state index contributed by atoms with van der Waals surface area (Å²) >= 11 is 0. The Morgan fingerprint density at radius 1 is 1.06 bits per heavy atom. The molecule has 0 radical (unpaired) electrons. The van der Waals surface area contributed by atoms with Gasteiger partial charge in [-0.1, -0.05) is 0 Å². The van der Waals surface area contributed by atoms with Gasteiger partial charge in [0.1, 0.15) is 17.2 Å². The van der Waals surface area contributed by atoms with E-state index >= 15 is 0 Å². The lowest BCUT2D eigenvalue weighted by molar-refractivity contribution is -0.00575. The third kappa shape index (κ3) is 3.21. The van der Waals surface area contributed by atoms with Gasteiger partial charge in [0.2, 0.25) is 0 Å². The number of hydrogen-bond donors (Lipinski definition) is 0. The number of fused-ring (bicyclic) bond motifs is 2. The molecular weight excluding hydrogens is 390 g/mol. The number of amides is 1. The summed E-state index contributed by atoms with van der Waals surface area (Å²) in [7, 11) is 1.97. The molecule has 2 aliphatic heterocycles. The smallest absolute Gasteiger partial charge is 0.253 e. The second kappa shape index (κ2) is 6.94. The van der Waals surface area contributed by atoms with Crippen molar-refractivity contribution in [3.05, 3.63) is 58.4 Å². The maximum atomic E-state index is 13.1. The standard InChI is InChI=1S/C25H27N3O3/c1-15-11-19-22(29)14-25(31-23(19)12-16(15)2)7-9-28(10-8-25)24(30)18-5-6-21-20(13-18)26-17(3)27(21)4/h5-6,11-13H,7-10,14H2,1-4H3. The van der Waals surface area contributed by atoms with Gasteiger partial charge in [0.15, 0.2) is 5.78 Å². The normalized spacial score (nSPS) is 17.7. The fourth-order valence-electron chi connectivity index (χ4n) is 4.78. The molecule has 0 bridgehead atoms. The monoisotopic (exact) mass is 417 g/mol. The van der Waals surface area contributed by atoms with E-state index in [0.717, 1.165) is 28.0 Å². The van der Waals surface area contributed by atoms with Gasteiger partial charge in [-0.15, -0.1) is 0 Å². The van der Waals surface area contributed by atoms with Crippen LogP contribution in [0, 0.1) is 20.8 Å². The molecule has 3 heterocycles. The lowest BCUT2D eigenvalue weighted by Crippen LogP contribution is -2.52. The average Bonchev–Trinajstić information content (AvgIpc) is 3.03. The molecule has 3 aromatic rings. The summed E-state index contributed by atoms with van der Waals surface area (Å²) in [5, 5.41) is 0. The third-order valence-corrected chi connectivity index (χ3v) is 7.02. The number of aromatic nitrogens is 2. The van der Waals surface area contributed by atoms with Crippen LogP contribution in [0.4, 0.5) is 0 Å². The fourth-order valence-corrected chi connectivity index (χ4v) is 4.78. The fraction of sp³-hybridized carbons (Fsp3) is 0.400. The first kappa shape index (κ1) is 19.8. The van der Waals surface area contributed by atoms with Crippen LogP contribution in [0.25, 0.3) is 11.0 Å². The molecule has 160 valence electrons. The molecule has 6 heteroatoms. The van der Waals surface area contributed by atoms with E-state index in [1.54, 1.807) is 0 Å². The SMILES string of the molecule is Cc1cc2c(cc1C)C(=O)CC1(CCN(C(=O)c3ccc4c(c3)nc(C)n4C)CC1)O2. The van der Waals surface area contributed by atoms with Crippen LogP contribution in [0.15, 0.2) is 30.3 Å². The number of rotatable bonds is 1. The summed E-state index contributed by atoms with van der Waals surface area (Å²) in [5.41, 5.74) is 4.91. The van der Waals surface area contributed by atoms with Gasteiger partial charge in [0.25, 0.3) is 5.91 Å². The van der Waals surface area contributed by atoms with E-state index in [9.17, 15) is 9.59 Å². The number of Topliss-reactive ketones (excluding diaryl/α,β-unsaturated/α-hetero) is 1. The molecule has 1 aromatic heterocycles. The van der Waals surface area contributed by atoms with Crippen molar-refractivity contribution in [1.82, 2.24) is 14.5 Å². The minimum absolute atomic E-state index is 0.00839. The highest BCUT2D eigenvalue weighted by atomic mass is 16.5. The third-order valence-electron chi connectivity index (χ3n) is 7.02. The van der Waals surface area contributed by atoms with Crippen LogP contribution in [0.5, 0.6) is 5.75 Å². The first-order valence-electron chi connectivity index (χ1n) is 10.8. The lowest BCUT2D eigenvalue weighted by atomic mass is 9.81. The maximum absolute atomic E-state index is 13.1. The topological polar surface area (TPSA) is 64.4 Å². The van der Waals surface area contributed by atoms with E-state index in [1.165, 1.54) is 0 Å². The van der Waals surface area contributed by atoms with Gasteiger partial charge in [-0.2, -0.15) is 0 Å². The number of likely N-dealkylation sites (tertiary alicyclic amines) is 1. The highest BCUT2D eigenvalue weighted by Gasteiger charge is 2.43. The summed E-state index contributed by atoms with van der Waals surface area (Å²) in [6.07, 6.45) is 1.69. The van der Waals surface area contributed by atoms with Crippen molar-refractivity contribution in [1.29, 1.82) is 0 Å². The van der Waals surface area contributed by atoms with E-state index in [4.69, 9.17) is 4.74 Å². The van der Waals surface area contributed by atoms with Crippen molar-refractivity contribution < 1.29 is 14.3 Å². The van der Waals surface area contributed by atoms with E-state index in [-0.39, 0.29) is 11.7 Å².